The van der Waals surface area contributed by atoms with Gasteiger partial charge in [0.2, 0.25) is 0 Å². The van der Waals surface area contributed by atoms with E-state index in [2.05, 4.69) is 15.6 Å². The van der Waals surface area contributed by atoms with Gasteiger partial charge in [-0.2, -0.15) is 5.26 Å². The van der Waals surface area contributed by atoms with Gasteiger partial charge in [0.05, 0.1) is 23.9 Å². The number of hydrogen-bond acceptors (Lipinski definition) is 5. The number of rotatable bonds is 3. The van der Waals surface area contributed by atoms with Crippen LogP contribution < -0.4 is 10.2 Å². The molecular formula is C14H14N6O. The summed E-state index contributed by atoms with van der Waals surface area (Å²) in [7, 11) is 1.67. The first kappa shape index (κ1) is 13.3. The highest BCUT2D eigenvalue weighted by Crippen LogP contribution is 2.16. The van der Waals surface area contributed by atoms with Crippen molar-refractivity contribution in [2.24, 2.45) is 0 Å². The van der Waals surface area contributed by atoms with Crippen LogP contribution in [0.2, 0.25) is 0 Å². The van der Waals surface area contributed by atoms with E-state index in [0.717, 1.165) is 13.1 Å². The van der Waals surface area contributed by atoms with Gasteiger partial charge in [-0.25, -0.2) is 4.68 Å². The van der Waals surface area contributed by atoms with Crippen LogP contribution in [0, 0.1) is 11.3 Å². The van der Waals surface area contributed by atoms with Gasteiger partial charge in [-0.05, 0) is 24.3 Å². The second-order valence-corrected chi connectivity index (χ2v) is 4.92. The lowest BCUT2D eigenvalue weighted by Crippen LogP contribution is -2.43. The number of nitrogens with one attached hydrogen (secondary N) is 1. The van der Waals surface area contributed by atoms with Crippen LogP contribution in [0.4, 0.5) is 5.69 Å². The molecule has 1 N–H and O–H groups in total. The monoisotopic (exact) mass is 282 g/mol. The number of nitrogens with zero attached hydrogens (tertiary/aromatic N) is 5. The molecule has 3 rings (SSSR count). The number of amides is 1. The molecule has 0 atom stereocenters. The van der Waals surface area contributed by atoms with E-state index >= 15 is 0 Å². The minimum Gasteiger partial charge on any atom is -0.312 e. The van der Waals surface area contributed by atoms with E-state index in [4.69, 9.17) is 5.26 Å². The molecule has 0 radical (unpaired) electrons. The molecule has 1 saturated heterocycles. The first-order valence-corrected chi connectivity index (χ1v) is 6.60. The highest BCUT2D eigenvalue weighted by atomic mass is 16.2. The van der Waals surface area contributed by atoms with Gasteiger partial charge in [0.1, 0.15) is 0 Å². The van der Waals surface area contributed by atoms with Crippen molar-refractivity contribution >= 4 is 11.6 Å². The zero-order chi connectivity index (χ0) is 14.8. The minimum atomic E-state index is -0.224. The zero-order valence-corrected chi connectivity index (χ0v) is 11.5. The summed E-state index contributed by atoms with van der Waals surface area (Å²) in [6.45, 7) is 1.70. The molecule has 7 heteroatoms. The largest absolute Gasteiger partial charge is 0.312 e. The van der Waals surface area contributed by atoms with Gasteiger partial charge >= 0.3 is 0 Å². The molecule has 2 aromatic rings. The quantitative estimate of drug-likeness (QED) is 0.889. The fourth-order valence-corrected chi connectivity index (χ4v) is 2.06. The van der Waals surface area contributed by atoms with Crippen molar-refractivity contribution in [1.29, 1.82) is 5.26 Å². The molecule has 7 nitrogen and oxygen atoms in total. The lowest BCUT2D eigenvalue weighted by molar-refractivity contribution is 0.0988. The summed E-state index contributed by atoms with van der Waals surface area (Å²) in [6, 6.07) is 9.14. The van der Waals surface area contributed by atoms with Crippen LogP contribution in [0.1, 0.15) is 22.1 Å². The molecule has 0 saturated carbocycles. The van der Waals surface area contributed by atoms with E-state index in [1.165, 1.54) is 4.90 Å². The van der Waals surface area contributed by atoms with Gasteiger partial charge < -0.3 is 10.2 Å². The van der Waals surface area contributed by atoms with Crippen molar-refractivity contribution < 1.29 is 4.79 Å². The van der Waals surface area contributed by atoms with Crippen LogP contribution in [0.3, 0.4) is 0 Å². The van der Waals surface area contributed by atoms with Crippen molar-refractivity contribution in [3.63, 3.8) is 0 Å². The normalized spacial score (nSPS) is 14.3. The van der Waals surface area contributed by atoms with Crippen LogP contribution in [0.5, 0.6) is 0 Å². The molecule has 0 bridgehead atoms. The SMILES string of the molecule is CN(C(=O)c1cn(C2CNC2)nn1)c1ccc(C#N)cc1. The Bertz CT molecular complexity index is 695. The van der Waals surface area contributed by atoms with E-state index in [1.807, 2.05) is 6.07 Å². The molecule has 0 unspecified atom stereocenters. The van der Waals surface area contributed by atoms with Gasteiger partial charge in [0.25, 0.3) is 5.91 Å². The summed E-state index contributed by atoms with van der Waals surface area (Å²) >= 11 is 0. The fraction of sp³-hybridized carbons (Fsp3) is 0.286. The second kappa shape index (κ2) is 5.34. The third kappa shape index (κ3) is 2.49. The Hall–Kier alpha value is -2.72. The van der Waals surface area contributed by atoms with Crippen LogP contribution in [0.15, 0.2) is 30.5 Å². The third-order valence-electron chi connectivity index (χ3n) is 3.55. The van der Waals surface area contributed by atoms with Gasteiger partial charge in [0.15, 0.2) is 5.69 Å². The Balaban J connectivity index is 1.76. The van der Waals surface area contributed by atoms with E-state index in [9.17, 15) is 4.79 Å². The van der Waals surface area contributed by atoms with Crippen LogP contribution in [0.25, 0.3) is 0 Å². The Morgan fingerprint density at radius 3 is 2.71 bits per heavy atom. The Labute approximate surface area is 121 Å². The summed E-state index contributed by atoms with van der Waals surface area (Å²) in [5, 5.41) is 19.9. The third-order valence-corrected chi connectivity index (χ3v) is 3.55. The van der Waals surface area contributed by atoms with E-state index in [0.29, 0.717) is 16.9 Å². The lowest BCUT2D eigenvalue weighted by Gasteiger charge is -2.26. The van der Waals surface area contributed by atoms with Crippen molar-refractivity contribution in [3.8, 4) is 6.07 Å². The number of carbonyl (C=O) groups is 1. The molecule has 106 valence electrons. The zero-order valence-electron chi connectivity index (χ0n) is 11.5. The Kier molecular flexibility index (Phi) is 3.38. The van der Waals surface area contributed by atoms with Crippen molar-refractivity contribution in [2.45, 2.75) is 6.04 Å². The van der Waals surface area contributed by atoms with Crippen LogP contribution in [-0.4, -0.2) is 41.0 Å². The van der Waals surface area contributed by atoms with E-state index in [-0.39, 0.29) is 11.9 Å². The van der Waals surface area contributed by atoms with Gasteiger partial charge in [-0.15, -0.1) is 5.10 Å². The van der Waals surface area contributed by atoms with Crippen molar-refractivity contribution in [1.82, 2.24) is 20.3 Å². The molecule has 1 aliphatic rings. The summed E-state index contributed by atoms with van der Waals surface area (Å²) < 4.78 is 1.72. The maximum atomic E-state index is 12.4. The molecule has 0 spiro atoms. The summed E-state index contributed by atoms with van der Waals surface area (Å²) in [5.74, 6) is -0.224. The molecule has 21 heavy (non-hydrogen) atoms. The molecular weight excluding hydrogens is 268 g/mol. The molecule has 1 amide bonds. The second-order valence-electron chi connectivity index (χ2n) is 4.92. The molecule has 2 heterocycles. The predicted octanol–water partition coefficient (Wildman–Crippen LogP) is 0.571. The van der Waals surface area contributed by atoms with E-state index in [1.54, 1.807) is 42.2 Å². The van der Waals surface area contributed by atoms with Crippen molar-refractivity contribution in [3.05, 3.63) is 41.7 Å². The number of benzene rings is 1. The van der Waals surface area contributed by atoms with E-state index < -0.39 is 0 Å². The van der Waals surface area contributed by atoms with Gasteiger partial charge in [0, 0.05) is 25.8 Å². The number of anilines is 1. The molecule has 1 aromatic carbocycles. The first-order chi connectivity index (χ1) is 10.2. The highest BCUT2D eigenvalue weighted by molar-refractivity contribution is 6.04. The average molecular weight is 282 g/mol. The first-order valence-electron chi connectivity index (χ1n) is 6.60. The summed E-state index contributed by atoms with van der Waals surface area (Å²) in [6.07, 6.45) is 1.67. The molecule has 1 aliphatic heterocycles. The number of aromatic nitrogens is 3. The summed E-state index contributed by atoms with van der Waals surface area (Å²) in [4.78, 5) is 13.9. The number of nitriles is 1. The molecule has 1 aromatic heterocycles. The summed E-state index contributed by atoms with van der Waals surface area (Å²) in [5.41, 5.74) is 1.58. The maximum absolute atomic E-state index is 12.4. The van der Waals surface area contributed by atoms with Crippen LogP contribution >= 0.6 is 0 Å². The highest BCUT2D eigenvalue weighted by Gasteiger charge is 2.23. The Morgan fingerprint density at radius 1 is 1.43 bits per heavy atom. The maximum Gasteiger partial charge on any atom is 0.280 e. The van der Waals surface area contributed by atoms with Gasteiger partial charge in [-0.3, -0.25) is 4.79 Å². The lowest BCUT2D eigenvalue weighted by atomic mass is 10.2. The fourth-order valence-electron chi connectivity index (χ4n) is 2.06. The Morgan fingerprint density at radius 2 is 2.14 bits per heavy atom. The number of hydrogen-bond donors (Lipinski definition) is 1. The topological polar surface area (TPSA) is 86.8 Å². The molecule has 0 aliphatic carbocycles. The van der Waals surface area contributed by atoms with Gasteiger partial charge in [-0.1, -0.05) is 5.21 Å². The minimum absolute atomic E-state index is 0.224. The molecule has 1 fully saturated rings. The number of carbonyl (C=O) groups excluding carboxylic acids is 1. The predicted molar refractivity (Wildman–Crippen MR) is 75.8 cm³/mol. The van der Waals surface area contributed by atoms with Crippen LogP contribution in [-0.2, 0) is 0 Å². The van der Waals surface area contributed by atoms with Crippen molar-refractivity contribution in [2.75, 3.05) is 25.0 Å². The standard InChI is InChI=1S/C14H14N6O/c1-19(11-4-2-10(6-15)3-5-11)14(21)13-9-20(18-17-13)12-7-16-8-12/h2-5,9,12,16H,7-8H2,1H3. The average Bonchev–Trinajstić information content (AvgIpc) is 2.93. The smallest absolute Gasteiger partial charge is 0.280 e.